The lowest BCUT2D eigenvalue weighted by molar-refractivity contribution is -0.389. The number of methoxy groups -OCH3 is 2. The standard InChI is InChI=1S/C37H50O21/c1-50-20-6-3-16(11-18(20)40)5-8-25(42)53-15-24-28(45)33(32(49)35(56-24)52-10-9-17-4-7-21(51-2)19(41)12-17)57-37-34(30(47)27(44)23(14-39)55-37)58-36-31(48)29(46)26(43)22(13-38)54-36/h3-8,11-12,22-24,26-41,43-49H,9-10,13-15H2,1-2H3. The summed E-state index contributed by atoms with van der Waals surface area (Å²) < 4.78 is 49.8. The molecule has 11 N–H and O–H groups in total. The molecule has 3 aliphatic heterocycles. The van der Waals surface area contributed by atoms with Gasteiger partial charge in [-0.1, -0.05) is 12.1 Å². The topological polar surface area (TPSA) is 323 Å². The fourth-order valence-electron chi connectivity index (χ4n) is 6.51. The first-order valence-electron chi connectivity index (χ1n) is 18.2. The van der Waals surface area contributed by atoms with E-state index in [0.717, 1.165) is 6.08 Å². The molecule has 324 valence electrons. The van der Waals surface area contributed by atoms with Crippen molar-refractivity contribution in [2.75, 3.05) is 40.6 Å². The first-order chi connectivity index (χ1) is 27.7. The molecule has 2 aromatic rings. The lowest BCUT2D eigenvalue weighted by atomic mass is 9.96. The summed E-state index contributed by atoms with van der Waals surface area (Å²) in [6.07, 6.45) is -24.0. The molecule has 15 atom stereocenters. The minimum absolute atomic E-state index is 0.133. The quantitative estimate of drug-likeness (QED) is 0.0575. The van der Waals surface area contributed by atoms with E-state index in [-0.39, 0.29) is 36.0 Å². The van der Waals surface area contributed by atoms with E-state index in [1.54, 1.807) is 12.1 Å². The Bertz CT molecular complexity index is 1660. The second kappa shape index (κ2) is 20.5. The highest BCUT2D eigenvalue weighted by molar-refractivity contribution is 5.87. The number of benzene rings is 2. The Hall–Kier alpha value is -3.75. The smallest absolute Gasteiger partial charge is 0.330 e. The van der Waals surface area contributed by atoms with E-state index in [1.165, 1.54) is 44.6 Å². The fourth-order valence-corrected chi connectivity index (χ4v) is 6.51. The summed E-state index contributed by atoms with van der Waals surface area (Å²) in [6, 6.07) is 9.01. The van der Waals surface area contributed by atoms with Crippen molar-refractivity contribution in [1.82, 2.24) is 0 Å². The molecular formula is C37H50O21. The zero-order valence-corrected chi connectivity index (χ0v) is 31.3. The van der Waals surface area contributed by atoms with Crippen LogP contribution in [-0.4, -0.2) is 195 Å². The van der Waals surface area contributed by atoms with Crippen molar-refractivity contribution in [1.29, 1.82) is 0 Å². The lowest BCUT2D eigenvalue weighted by Crippen LogP contribution is -2.67. The molecule has 0 aromatic heterocycles. The average Bonchev–Trinajstić information content (AvgIpc) is 3.21. The Morgan fingerprint density at radius 1 is 0.655 bits per heavy atom. The average molecular weight is 831 g/mol. The number of rotatable bonds is 16. The van der Waals surface area contributed by atoms with Crippen LogP contribution in [0.25, 0.3) is 6.08 Å². The Kier molecular flexibility index (Phi) is 16.0. The van der Waals surface area contributed by atoms with Crippen molar-refractivity contribution in [3.8, 4) is 23.0 Å². The van der Waals surface area contributed by atoms with Gasteiger partial charge < -0.3 is 98.8 Å². The van der Waals surface area contributed by atoms with Crippen LogP contribution in [0, 0.1) is 0 Å². The van der Waals surface area contributed by atoms with Crippen LogP contribution in [0.1, 0.15) is 11.1 Å². The van der Waals surface area contributed by atoms with E-state index in [4.69, 9.17) is 42.6 Å². The van der Waals surface area contributed by atoms with Crippen molar-refractivity contribution in [2.24, 2.45) is 0 Å². The second-order valence-corrected chi connectivity index (χ2v) is 13.7. The molecule has 0 bridgehead atoms. The molecule has 2 aromatic carbocycles. The van der Waals surface area contributed by atoms with E-state index < -0.39 is 118 Å². The molecule has 3 aliphatic rings. The Balaban J connectivity index is 1.35. The third-order valence-electron chi connectivity index (χ3n) is 9.82. The number of carbonyl (C=O) groups excluding carboxylic acids is 1. The predicted molar refractivity (Wildman–Crippen MR) is 191 cm³/mol. The van der Waals surface area contributed by atoms with Crippen LogP contribution in [0.2, 0.25) is 0 Å². The summed E-state index contributed by atoms with van der Waals surface area (Å²) in [5, 5.41) is 116. The van der Waals surface area contributed by atoms with Gasteiger partial charge in [0, 0.05) is 6.08 Å². The molecule has 3 saturated heterocycles. The van der Waals surface area contributed by atoms with Crippen LogP contribution in [0.5, 0.6) is 23.0 Å². The summed E-state index contributed by atoms with van der Waals surface area (Å²) in [5.74, 6) is -0.765. The number of esters is 1. The van der Waals surface area contributed by atoms with Gasteiger partial charge in [-0.25, -0.2) is 4.79 Å². The number of hydrogen-bond donors (Lipinski definition) is 11. The predicted octanol–water partition coefficient (Wildman–Crippen LogP) is -3.61. The van der Waals surface area contributed by atoms with E-state index in [0.29, 0.717) is 11.1 Å². The third kappa shape index (κ3) is 10.5. The van der Waals surface area contributed by atoms with E-state index >= 15 is 0 Å². The minimum Gasteiger partial charge on any atom is -0.504 e. The van der Waals surface area contributed by atoms with Crippen LogP contribution in [-0.2, 0) is 44.4 Å². The van der Waals surface area contributed by atoms with Gasteiger partial charge in [0.15, 0.2) is 41.9 Å². The molecule has 0 saturated carbocycles. The zero-order chi connectivity index (χ0) is 42.3. The molecule has 21 heteroatoms. The normalized spacial score (nSPS) is 35.5. The molecule has 58 heavy (non-hydrogen) atoms. The van der Waals surface area contributed by atoms with Gasteiger partial charge in [0.05, 0.1) is 34.0 Å². The van der Waals surface area contributed by atoms with Gasteiger partial charge in [0.2, 0.25) is 0 Å². The summed E-state index contributed by atoms with van der Waals surface area (Å²) in [5.41, 5.74) is 1.02. The van der Waals surface area contributed by atoms with Gasteiger partial charge >= 0.3 is 5.97 Å². The maximum atomic E-state index is 12.7. The number of hydrogen-bond acceptors (Lipinski definition) is 21. The Labute approximate surface area is 331 Å². The highest BCUT2D eigenvalue weighted by atomic mass is 16.8. The van der Waals surface area contributed by atoms with E-state index in [1.807, 2.05) is 0 Å². The molecule has 3 fully saturated rings. The lowest BCUT2D eigenvalue weighted by Gasteiger charge is -2.48. The van der Waals surface area contributed by atoms with Crippen molar-refractivity contribution in [3.05, 3.63) is 53.6 Å². The molecule has 15 unspecified atom stereocenters. The summed E-state index contributed by atoms with van der Waals surface area (Å²) >= 11 is 0. The van der Waals surface area contributed by atoms with Crippen LogP contribution >= 0.6 is 0 Å². The highest BCUT2D eigenvalue weighted by Gasteiger charge is 2.54. The highest BCUT2D eigenvalue weighted by Crippen LogP contribution is 2.34. The van der Waals surface area contributed by atoms with Gasteiger partial charge in [-0.15, -0.1) is 0 Å². The molecule has 0 aliphatic carbocycles. The monoisotopic (exact) mass is 830 g/mol. The summed E-state index contributed by atoms with van der Waals surface area (Å²) in [7, 11) is 2.76. The molecule has 5 rings (SSSR count). The number of aliphatic hydroxyl groups is 9. The number of aliphatic hydroxyl groups excluding tert-OH is 9. The maximum absolute atomic E-state index is 12.7. The van der Waals surface area contributed by atoms with Gasteiger partial charge in [-0.3, -0.25) is 0 Å². The fraction of sp³-hybridized carbons (Fsp3) is 0.595. The first kappa shape index (κ1) is 45.3. The third-order valence-corrected chi connectivity index (χ3v) is 9.82. The molecule has 0 spiro atoms. The molecule has 0 radical (unpaired) electrons. The summed E-state index contributed by atoms with van der Waals surface area (Å²) in [6.45, 7) is -2.47. The SMILES string of the molecule is COc1ccc(C=CC(=O)OCC2OC(OCCc3ccc(OC)c(O)c3)C(O)C(OC3OC(CO)C(O)C(O)C3OC3OC(CO)C(O)C(O)C3O)C2O)cc1O. The largest absolute Gasteiger partial charge is 0.504 e. The molecule has 0 amide bonds. The summed E-state index contributed by atoms with van der Waals surface area (Å²) in [4.78, 5) is 12.7. The van der Waals surface area contributed by atoms with Gasteiger partial charge in [-0.2, -0.15) is 0 Å². The number of ether oxygens (including phenoxy) is 9. The Morgan fingerprint density at radius 3 is 1.86 bits per heavy atom. The number of phenols is 2. The molecule has 21 nitrogen and oxygen atoms in total. The van der Waals surface area contributed by atoms with Crippen molar-refractivity contribution < 1.29 is 104 Å². The van der Waals surface area contributed by atoms with Crippen molar-refractivity contribution >= 4 is 12.0 Å². The molecule has 3 heterocycles. The minimum atomic E-state index is -1.97. The number of phenolic OH excluding ortho intramolecular Hbond substituents is 2. The van der Waals surface area contributed by atoms with Crippen molar-refractivity contribution in [2.45, 2.75) is 98.5 Å². The van der Waals surface area contributed by atoms with Crippen LogP contribution in [0.4, 0.5) is 0 Å². The van der Waals surface area contributed by atoms with Crippen LogP contribution < -0.4 is 9.47 Å². The van der Waals surface area contributed by atoms with Gasteiger partial charge in [0.25, 0.3) is 0 Å². The Morgan fingerprint density at radius 2 is 1.24 bits per heavy atom. The maximum Gasteiger partial charge on any atom is 0.330 e. The first-order valence-corrected chi connectivity index (χ1v) is 18.2. The van der Waals surface area contributed by atoms with E-state index in [9.17, 15) is 61.0 Å². The molecular weight excluding hydrogens is 780 g/mol. The number of aromatic hydroxyl groups is 2. The van der Waals surface area contributed by atoms with Crippen molar-refractivity contribution in [3.63, 3.8) is 0 Å². The zero-order valence-electron chi connectivity index (χ0n) is 31.3. The number of carbonyl (C=O) groups is 1. The second-order valence-electron chi connectivity index (χ2n) is 13.7. The van der Waals surface area contributed by atoms with E-state index in [2.05, 4.69) is 0 Å². The van der Waals surface area contributed by atoms with Crippen LogP contribution in [0.3, 0.4) is 0 Å². The van der Waals surface area contributed by atoms with Gasteiger partial charge in [-0.05, 0) is 47.9 Å². The van der Waals surface area contributed by atoms with Crippen LogP contribution in [0.15, 0.2) is 42.5 Å². The van der Waals surface area contributed by atoms with Gasteiger partial charge in [0.1, 0.15) is 79.9 Å².